The van der Waals surface area contributed by atoms with Crippen molar-refractivity contribution in [3.05, 3.63) is 54.7 Å². The number of carbonyl (C=O) groups is 4. The van der Waals surface area contributed by atoms with Gasteiger partial charge in [0.1, 0.15) is 29.8 Å². The number of alkyl carbamates (subject to hydrolysis) is 1. The van der Waals surface area contributed by atoms with Gasteiger partial charge in [0.05, 0.1) is 18.3 Å². The SMILES string of the molecule is C=C[C@@H]1CC1(NC(=O)[C@@H]1C[C@@H](O/N=C/c2cnc3ccccc3c2)CN1C(=O)[C@@H](NC(=O)OC1CCCC1)C(C)(C)C)C(=O)O. The van der Waals surface area contributed by atoms with Crippen molar-refractivity contribution in [3.63, 3.8) is 0 Å². The van der Waals surface area contributed by atoms with E-state index in [1.54, 1.807) is 6.20 Å². The maximum Gasteiger partial charge on any atom is 0.408 e. The zero-order valence-corrected chi connectivity index (χ0v) is 25.9. The molecule has 3 aliphatic rings. The van der Waals surface area contributed by atoms with E-state index in [4.69, 9.17) is 9.57 Å². The van der Waals surface area contributed by atoms with Crippen molar-refractivity contribution >= 4 is 41.0 Å². The van der Waals surface area contributed by atoms with E-state index in [0.29, 0.717) is 5.56 Å². The van der Waals surface area contributed by atoms with Gasteiger partial charge in [-0.05, 0) is 49.7 Å². The fraction of sp³-hybridized carbons (Fsp3) is 0.515. The smallest absolute Gasteiger partial charge is 0.408 e. The molecule has 240 valence electrons. The number of hydrogen-bond acceptors (Lipinski definition) is 8. The molecule has 2 heterocycles. The van der Waals surface area contributed by atoms with Crippen LogP contribution < -0.4 is 10.6 Å². The molecule has 1 aromatic heterocycles. The third-order valence-electron chi connectivity index (χ3n) is 8.85. The number of aliphatic carboxylic acids is 1. The summed E-state index contributed by atoms with van der Waals surface area (Å²) in [4.78, 5) is 64.2. The van der Waals surface area contributed by atoms with Gasteiger partial charge in [0.25, 0.3) is 0 Å². The summed E-state index contributed by atoms with van der Waals surface area (Å²) in [7, 11) is 0. The standard InChI is InChI=1S/C33H41N5O7/c1-5-22-16-33(22,30(41)42)37-28(39)26-15-24(45-35-18-20-14-21-10-6-9-13-25(21)34-17-20)19-38(26)29(40)27(32(2,3)4)36-31(43)44-23-11-7-8-12-23/h5-6,9-10,13-14,17-18,22-24,26-27H,1,7-8,11-12,15-16,19H2,2-4H3,(H,36,43)(H,37,39)(H,41,42)/b35-18+/t22-,24-,26+,27-,33?/m1/s1. The number of fused-ring (bicyclic) bond motifs is 1. The first-order valence-corrected chi connectivity index (χ1v) is 15.4. The highest BCUT2D eigenvalue weighted by molar-refractivity contribution is 5.96. The maximum atomic E-state index is 14.1. The zero-order valence-electron chi connectivity index (χ0n) is 25.9. The molecule has 12 heteroatoms. The van der Waals surface area contributed by atoms with Gasteiger partial charge in [-0.2, -0.15) is 0 Å². The number of carboxylic acid groups (broad SMARTS) is 1. The van der Waals surface area contributed by atoms with Crippen molar-refractivity contribution in [2.75, 3.05) is 6.54 Å². The Labute approximate surface area is 262 Å². The van der Waals surface area contributed by atoms with Gasteiger partial charge >= 0.3 is 12.1 Å². The van der Waals surface area contributed by atoms with Crippen LogP contribution in [0.4, 0.5) is 4.79 Å². The monoisotopic (exact) mass is 619 g/mol. The number of oxime groups is 1. The van der Waals surface area contributed by atoms with Crippen LogP contribution in [-0.4, -0.2) is 81.5 Å². The highest BCUT2D eigenvalue weighted by atomic mass is 16.6. The fourth-order valence-electron chi connectivity index (χ4n) is 6.14. The summed E-state index contributed by atoms with van der Waals surface area (Å²) in [5.41, 5.74) is -0.656. The van der Waals surface area contributed by atoms with Crippen LogP contribution >= 0.6 is 0 Å². The zero-order chi connectivity index (χ0) is 32.4. The number of nitrogens with zero attached hydrogens (tertiary/aromatic N) is 3. The Hall–Kier alpha value is -4.48. The Morgan fingerprint density at radius 3 is 2.58 bits per heavy atom. The highest BCUT2D eigenvalue weighted by Gasteiger charge is 2.61. The van der Waals surface area contributed by atoms with Crippen molar-refractivity contribution in [2.24, 2.45) is 16.5 Å². The fourth-order valence-corrected chi connectivity index (χ4v) is 6.14. The summed E-state index contributed by atoms with van der Waals surface area (Å²) < 4.78 is 5.57. The summed E-state index contributed by atoms with van der Waals surface area (Å²) in [6, 6.07) is 7.50. The number of carboxylic acids is 1. The number of para-hydroxylation sites is 1. The maximum absolute atomic E-state index is 14.1. The number of benzene rings is 1. The summed E-state index contributed by atoms with van der Waals surface area (Å²) in [6.07, 6.45) is 6.93. The summed E-state index contributed by atoms with van der Waals surface area (Å²) in [5, 5.41) is 20.3. The molecule has 5 rings (SSSR count). The molecule has 1 unspecified atom stereocenters. The second-order valence-electron chi connectivity index (χ2n) is 13.2. The largest absolute Gasteiger partial charge is 0.479 e. The van der Waals surface area contributed by atoms with Gasteiger partial charge in [-0.25, -0.2) is 9.59 Å². The predicted molar refractivity (Wildman–Crippen MR) is 166 cm³/mol. The quantitative estimate of drug-likeness (QED) is 0.206. The van der Waals surface area contributed by atoms with Crippen LogP contribution in [0.15, 0.2) is 54.3 Å². The number of nitrogens with one attached hydrogen (secondary N) is 2. The van der Waals surface area contributed by atoms with E-state index in [0.717, 1.165) is 36.6 Å². The predicted octanol–water partition coefficient (Wildman–Crippen LogP) is 3.78. The lowest BCUT2D eigenvalue weighted by molar-refractivity contribution is -0.146. The van der Waals surface area contributed by atoms with Crippen LogP contribution in [0, 0.1) is 11.3 Å². The van der Waals surface area contributed by atoms with E-state index < -0.39 is 58.9 Å². The van der Waals surface area contributed by atoms with Gasteiger partial charge < -0.3 is 30.2 Å². The minimum absolute atomic E-state index is 0.00111. The third-order valence-corrected chi connectivity index (χ3v) is 8.85. The molecule has 2 saturated carbocycles. The van der Waals surface area contributed by atoms with E-state index in [2.05, 4.69) is 27.4 Å². The molecular weight excluding hydrogens is 578 g/mol. The number of aromatic nitrogens is 1. The molecule has 0 bridgehead atoms. The Morgan fingerprint density at radius 2 is 1.91 bits per heavy atom. The van der Waals surface area contributed by atoms with Crippen LogP contribution in [0.3, 0.4) is 0 Å². The Kier molecular flexibility index (Phi) is 9.13. The third kappa shape index (κ3) is 7.10. The first-order valence-electron chi connectivity index (χ1n) is 15.4. The molecule has 2 aromatic rings. The minimum Gasteiger partial charge on any atom is -0.479 e. The first kappa shape index (κ1) is 31.9. The van der Waals surface area contributed by atoms with Crippen LogP contribution in [0.5, 0.6) is 0 Å². The van der Waals surface area contributed by atoms with Crippen molar-refractivity contribution in [1.29, 1.82) is 0 Å². The van der Waals surface area contributed by atoms with Crippen molar-refractivity contribution < 1.29 is 33.9 Å². The van der Waals surface area contributed by atoms with Gasteiger partial charge in [0.15, 0.2) is 0 Å². The van der Waals surface area contributed by atoms with Gasteiger partial charge in [-0.1, -0.05) is 50.2 Å². The molecule has 0 spiro atoms. The van der Waals surface area contributed by atoms with E-state index in [1.165, 1.54) is 17.2 Å². The van der Waals surface area contributed by atoms with Crippen molar-refractivity contribution in [2.45, 2.75) is 89.1 Å². The lowest BCUT2D eigenvalue weighted by atomic mass is 9.85. The van der Waals surface area contributed by atoms with Crippen LogP contribution in [0.25, 0.3) is 10.9 Å². The number of carbonyl (C=O) groups excluding carboxylic acids is 3. The summed E-state index contributed by atoms with van der Waals surface area (Å²) >= 11 is 0. The Balaban J connectivity index is 1.34. The number of likely N-dealkylation sites (tertiary alicyclic amines) is 1. The van der Waals surface area contributed by atoms with Crippen LogP contribution in [0.1, 0.15) is 64.9 Å². The molecule has 1 saturated heterocycles. The number of rotatable bonds is 10. The van der Waals surface area contributed by atoms with Crippen LogP contribution in [0.2, 0.25) is 0 Å². The molecule has 1 aliphatic heterocycles. The Bertz CT molecular complexity index is 1500. The normalized spacial score (nSPS) is 25.6. The molecular formula is C33H41N5O7. The van der Waals surface area contributed by atoms with Crippen LogP contribution in [-0.2, 0) is 24.0 Å². The highest BCUT2D eigenvalue weighted by Crippen LogP contribution is 2.45. The van der Waals surface area contributed by atoms with Gasteiger partial charge in [0.2, 0.25) is 11.8 Å². The number of pyridine rings is 1. The van der Waals surface area contributed by atoms with Crippen molar-refractivity contribution in [1.82, 2.24) is 20.5 Å². The molecule has 45 heavy (non-hydrogen) atoms. The number of ether oxygens (including phenoxy) is 1. The van der Waals surface area contributed by atoms with Gasteiger partial charge in [-0.3, -0.25) is 14.6 Å². The average Bonchev–Trinajstić information content (AvgIpc) is 3.28. The topological polar surface area (TPSA) is 160 Å². The van der Waals surface area contributed by atoms with E-state index >= 15 is 0 Å². The van der Waals surface area contributed by atoms with E-state index in [9.17, 15) is 24.3 Å². The van der Waals surface area contributed by atoms with Crippen molar-refractivity contribution in [3.8, 4) is 0 Å². The number of amides is 3. The summed E-state index contributed by atoms with van der Waals surface area (Å²) in [6.45, 7) is 9.11. The van der Waals surface area contributed by atoms with E-state index in [-0.39, 0.29) is 25.5 Å². The first-order chi connectivity index (χ1) is 21.4. The molecule has 0 radical (unpaired) electrons. The molecule has 2 aliphatic carbocycles. The van der Waals surface area contributed by atoms with Gasteiger partial charge in [-0.15, -0.1) is 6.58 Å². The lowest BCUT2D eigenvalue weighted by Crippen LogP contribution is -2.59. The Morgan fingerprint density at radius 1 is 1.18 bits per heavy atom. The molecule has 5 atom stereocenters. The molecule has 3 N–H and O–H groups in total. The second-order valence-corrected chi connectivity index (χ2v) is 13.2. The van der Waals surface area contributed by atoms with E-state index in [1.807, 2.05) is 51.1 Å². The number of hydrogen-bond donors (Lipinski definition) is 3. The summed E-state index contributed by atoms with van der Waals surface area (Å²) in [5.74, 6) is -2.71. The minimum atomic E-state index is -1.47. The van der Waals surface area contributed by atoms with Gasteiger partial charge in [0, 0.05) is 29.5 Å². The molecule has 1 aromatic carbocycles. The lowest BCUT2D eigenvalue weighted by Gasteiger charge is -2.35. The second kappa shape index (κ2) is 12.9. The molecule has 12 nitrogen and oxygen atoms in total. The molecule has 3 amide bonds. The molecule has 3 fully saturated rings. The average molecular weight is 620 g/mol.